The molecule has 0 unspecified atom stereocenters. The fourth-order valence-corrected chi connectivity index (χ4v) is 2.42. The number of hydrogen-bond donors (Lipinski definition) is 3. The summed E-state index contributed by atoms with van der Waals surface area (Å²) in [6.45, 7) is 0. The summed E-state index contributed by atoms with van der Waals surface area (Å²) < 4.78 is 1.39. The van der Waals surface area contributed by atoms with Gasteiger partial charge in [-0.3, -0.25) is 20.5 Å². The first-order chi connectivity index (χ1) is 9.52. The molecule has 9 nitrogen and oxygen atoms in total. The molecule has 10 heteroatoms. The van der Waals surface area contributed by atoms with Crippen molar-refractivity contribution in [3.05, 3.63) is 44.4 Å². The lowest BCUT2D eigenvalue weighted by Gasteiger charge is -2.05. The summed E-state index contributed by atoms with van der Waals surface area (Å²) in [5, 5.41) is 17.5. The van der Waals surface area contributed by atoms with Crippen LogP contribution in [0.15, 0.2) is 28.2 Å². The molecule has 2 aromatic rings. The zero-order chi connectivity index (χ0) is 14.7. The normalized spacial score (nSPS) is 10.5. The fraction of sp³-hybridized carbons (Fsp3) is 0.200. The van der Waals surface area contributed by atoms with E-state index in [1.807, 2.05) is 0 Å². The number of nitro benzene ring substituents is 1. The van der Waals surface area contributed by atoms with Crippen LogP contribution in [0.4, 0.5) is 11.4 Å². The van der Waals surface area contributed by atoms with Gasteiger partial charge in [-0.1, -0.05) is 17.8 Å². The molecule has 2 rings (SSSR count). The van der Waals surface area contributed by atoms with Crippen LogP contribution in [0.1, 0.15) is 5.56 Å². The second kappa shape index (κ2) is 5.75. The Hall–Kier alpha value is -2.33. The van der Waals surface area contributed by atoms with Gasteiger partial charge in [0.2, 0.25) is 0 Å². The Morgan fingerprint density at radius 3 is 2.90 bits per heavy atom. The molecule has 0 atom stereocenters. The lowest BCUT2D eigenvalue weighted by molar-refractivity contribution is -0.384. The molecule has 1 heterocycles. The van der Waals surface area contributed by atoms with Crippen LogP contribution in [0.5, 0.6) is 0 Å². The summed E-state index contributed by atoms with van der Waals surface area (Å²) in [5.74, 6) is 5.77. The van der Waals surface area contributed by atoms with Gasteiger partial charge < -0.3 is 5.43 Å². The van der Waals surface area contributed by atoms with E-state index in [2.05, 4.69) is 15.6 Å². The largest absolute Gasteiger partial charge is 0.343 e. The highest BCUT2D eigenvalue weighted by Crippen LogP contribution is 2.27. The van der Waals surface area contributed by atoms with Crippen molar-refractivity contribution in [3.8, 4) is 0 Å². The molecular weight excluding hydrogens is 284 g/mol. The highest BCUT2D eigenvalue weighted by atomic mass is 32.2. The van der Waals surface area contributed by atoms with Gasteiger partial charge in [-0.2, -0.15) is 0 Å². The molecule has 20 heavy (non-hydrogen) atoms. The Morgan fingerprint density at radius 1 is 1.60 bits per heavy atom. The SMILES string of the molecule is Cn1c(SCc2ccc([N+](=O)[O-])c(NN)c2)n[nH]c1=O. The van der Waals surface area contributed by atoms with Crippen molar-refractivity contribution in [1.82, 2.24) is 14.8 Å². The summed E-state index contributed by atoms with van der Waals surface area (Å²) in [4.78, 5) is 21.5. The van der Waals surface area contributed by atoms with E-state index in [1.54, 1.807) is 19.2 Å². The number of nitro groups is 1. The first kappa shape index (κ1) is 14.1. The van der Waals surface area contributed by atoms with Gasteiger partial charge in [0.15, 0.2) is 5.16 Å². The van der Waals surface area contributed by atoms with Crippen LogP contribution in [0.25, 0.3) is 0 Å². The van der Waals surface area contributed by atoms with E-state index in [-0.39, 0.29) is 17.1 Å². The second-order valence-corrected chi connectivity index (χ2v) is 4.85. The van der Waals surface area contributed by atoms with Gasteiger partial charge in [-0.15, -0.1) is 5.10 Å². The molecule has 1 aromatic carbocycles. The molecule has 4 N–H and O–H groups in total. The second-order valence-electron chi connectivity index (χ2n) is 3.91. The fourth-order valence-electron chi connectivity index (χ4n) is 1.56. The van der Waals surface area contributed by atoms with Crippen LogP contribution in [0.2, 0.25) is 0 Å². The number of thioether (sulfide) groups is 1. The van der Waals surface area contributed by atoms with E-state index < -0.39 is 4.92 Å². The lowest BCUT2D eigenvalue weighted by Crippen LogP contribution is -2.12. The van der Waals surface area contributed by atoms with Gasteiger partial charge in [0, 0.05) is 18.9 Å². The first-order valence-electron chi connectivity index (χ1n) is 5.51. The molecule has 106 valence electrons. The van der Waals surface area contributed by atoms with E-state index in [0.29, 0.717) is 10.9 Å². The molecule has 0 radical (unpaired) electrons. The van der Waals surface area contributed by atoms with Gasteiger partial charge in [0.25, 0.3) is 5.69 Å². The number of nitrogens with one attached hydrogen (secondary N) is 2. The first-order valence-corrected chi connectivity index (χ1v) is 6.49. The van der Waals surface area contributed by atoms with Gasteiger partial charge >= 0.3 is 5.69 Å². The van der Waals surface area contributed by atoms with Crippen LogP contribution in [0, 0.1) is 10.1 Å². The molecule has 0 bridgehead atoms. The Balaban J connectivity index is 2.16. The van der Waals surface area contributed by atoms with Gasteiger partial charge in [0.05, 0.1) is 4.92 Å². The predicted molar refractivity (Wildman–Crippen MR) is 74.3 cm³/mol. The van der Waals surface area contributed by atoms with Crippen LogP contribution in [-0.4, -0.2) is 19.7 Å². The van der Waals surface area contributed by atoms with Crippen molar-refractivity contribution in [1.29, 1.82) is 0 Å². The quantitative estimate of drug-likeness (QED) is 0.318. The van der Waals surface area contributed by atoms with E-state index >= 15 is 0 Å². The van der Waals surface area contributed by atoms with Gasteiger partial charge in [-0.05, 0) is 11.6 Å². The van der Waals surface area contributed by atoms with Crippen molar-refractivity contribution in [3.63, 3.8) is 0 Å². The Morgan fingerprint density at radius 2 is 2.35 bits per heavy atom. The van der Waals surface area contributed by atoms with Crippen molar-refractivity contribution in [2.24, 2.45) is 12.9 Å². The van der Waals surface area contributed by atoms with Crippen molar-refractivity contribution in [2.45, 2.75) is 10.9 Å². The summed E-state index contributed by atoms with van der Waals surface area (Å²) in [5.41, 5.74) is 2.99. The number of nitrogen functional groups attached to an aromatic ring is 1. The van der Waals surface area contributed by atoms with E-state index in [4.69, 9.17) is 5.84 Å². The molecule has 0 saturated heterocycles. The molecular formula is C10H12N6O3S. The number of benzene rings is 1. The Kier molecular flexibility index (Phi) is 4.05. The number of H-pyrrole nitrogens is 1. The third-order valence-corrected chi connectivity index (χ3v) is 3.72. The number of rotatable bonds is 5. The maximum absolute atomic E-state index is 11.2. The predicted octanol–water partition coefficient (Wildman–Crippen LogP) is 0.594. The number of hydrogen-bond acceptors (Lipinski definition) is 7. The molecule has 0 saturated carbocycles. The smallest absolute Gasteiger partial charge is 0.318 e. The molecule has 0 amide bonds. The number of aromatic amines is 1. The van der Waals surface area contributed by atoms with Crippen molar-refractivity contribution < 1.29 is 4.92 Å². The molecule has 0 fully saturated rings. The Labute approximate surface area is 117 Å². The average Bonchev–Trinajstić information content (AvgIpc) is 2.76. The highest BCUT2D eigenvalue weighted by Gasteiger charge is 2.13. The lowest BCUT2D eigenvalue weighted by atomic mass is 10.2. The van der Waals surface area contributed by atoms with Crippen LogP contribution >= 0.6 is 11.8 Å². The third kappa shape index (κ3) is 2.81. The minimum Gasteiger partial charge on any atom is -0.318 e. The topological polar surface area (TPSA) is 132 Å². The van der Waals surface area contributed by atoms with E-state index in [1.165, 1.54) is 22.4 Å². The standard InChI is InChI=1S/C10H12N6O3S/c1-15-9(17)13-14-10(15)20-5-6-2-3-8(16(18)19)7(4-6)12-11/h2-4,12H,5,11H2,1H3,(H,13,17). The van der Waals surface area contributed by atoms with Crippen LogP contribution in [-0.2, 0) is 12.8 Å². The van der Waals surface area contributed by atoms with Gasteiger partial charge in [0.1, 0.15) is 5.69 Å². The molecule has 1 aromatic heterocycles. The van der Waals surface area contributed by atoms with E-state index in [0.717, 1.165) is 5.56 Å². The summed E-state index contributed by atoms with van der Waals surface area (Å²) in [6, 6.07) is 4.61. The monoisotopic (exact) mass is 296 g/mol. The van der Waals surface area contributed by atoms with E-state index in [9.17, 15) is 14.9 Å². The molecule has 0 aliphatic rings. The summed E-state index contributed by atoms with van der Waals surface area (Å²) >= 11 is 1.34. The highest BCUT2D eigenvalue weighted by molar-refractivity contribution is 7.98. The Bertz CT molecular complexity index is 695. The van der Waals surface area contributed by atoms with Crippen LogP contribution < -0.4 is 17.0 Å². The third-order valence-electron chi connectivity index (χ3n) is 2.62. The zero-order valence-electron chi connectivity index (χ0n) is 10.5. The maximum Gasteiger partial charge on any atom is 0.343 e. The molecule has 0 aliphatic carbocycles. The van der Waals surface area contributed by atoms with Crippen LogP contribution in [0.3, 0.4) is 0 Å². The molecule has 0 spiro atoms. The zero-order valence-corrected chi connectivity index (χ0v) is 11.3. The minimum atomic E-state index is -0.510. The maximum atomic E-state index is 11.2. The van der Waals surface area contributed by atoms with Gasteiger partial charge in [-0.25, -0.2) is 9.89 Å². The number of nitrogens with zero attached hydrogens (tertiary/aromatic N) is 3. The number of hydrazine groups is 1. The molecule has 0 aliphatic heterocycles. The minimum absolute atomic E-state index is 0.0894. The number of anilines is 1. The number of aromatic nitrogens is 3. The number of nitrogens with two attached hydrogens (primary N) is 1. The van der Waals surface area contributed by atoms with Crippen molar-refractivity contribution >= 4 is 23.1 Å². The van der Waals surface area contributed by atoms with Crippen molar-refractivity contribution in [2.75, 3.05) is 5.43 Å². The summed E-state index contributed by atoms with van der Waals surface area (Å²) in [7, 11) is 1.61. The average molecular weight is 296 g/mol. The summed E-state index contributed by atoms with van der Waals surface area (Å²) in [6.07, 6.45) is 0.